The molecule has 1 rings (SSSR count). The van der Waals surface area contributed by atoms with Gasteiger partial charge in [-0.2, -0.15) is 0 Å². The molecule has 2 heteroatoms. The summed E-state index contributed by atoms with van der Waals surface area (Å²) in [7, 11) is 0. The second-order valence-corrected chi connectivity index (χ2v) is 12.1. The lowest BCUT2D eigenvalue weighted by Crippen LogP contribution is -2.37. The highest BCUT2D eigenvalue weighted by Gasteiger charge is 2.22. The smallest absolute Gasteiger partial charge is 0.247 e. The Hall–Kier alpha value is -0.790. The number of imidazole rings is 1. The minimum absolute atomic E-state index is 0.730. The lowest BCUT2D eigenvalue weighted by Gasteiger charge is -2.14. The van der Waals surface area contributed by atoms with Crippen LogP contribution >= 0.6 is 0 Å². The van der Waals surface area contributed by atoms with Crippen molar-refractivity contribution in [2.45, 2.75) is 207 Å². The molecule has 37 heavy (non-hydrogen) atoms. The van der Waals surface area contributed by atoms with Crippen molar-refractivity contribution >= 4 is 0 Å². The number of unbranched alkanes of at least 4 members (excludes halogenated alkanes) is 22. The molecule has 0 saturated heterocycles. The number of hydrogen-bond donors (Lipinski definition) is 1. The van der Waals surface area contributed by atoms with Crippen molar-refractivity contribution in [1.29, 1.82) is 0 Å². The van der Waals surface area contributed by atoms with Gasteiger partial charge >= 0.3 is 0 Å². The molecule has 0 radical (unpaired) electrons. The van der Waals surface area contributed by atoms with Gasteiger partial charge in [0.2, 0.25) is 0 Å². The lowest BCUT2D eigenvalue weighted by atomic mass is 9.93. The minimum Gasteiger partial charge on any atom is -0.247 e. The van der Waals surface area contributed by atoms with E-state index < -0.39 is 0 Å². The molecular weight excluding hydrogens is 448 g/mol. The molecule has 0 aliphatic carbocycles. The van der Waals surface area contributed by atoms with E-state index in [0.29, 0.717) is 0 Å². The highest BCUT2D eigenvalue weighted by atomic mass is 15.1. The van der Waals surface area contributed by atoms with Gasteiger partial charge in [-0.15, -0.1) is 0 Å². The summed E-state index contributed by atoms with van der Waals surface area (Å²) < 4.78 is 2.50. The first-order chi connectivity index (χ1) is 18.3. The van der Waals surface area contributed by atoms with Crippen LogP contribution < -0.4 is 4.57 Å². The third kappa shape index (κ3) is 19.9. The standard InChI is InChI=1S/C35H68N2/c1-4-7-9-11-13-14-15-16-17-18-19-20-21-22-24-26-28-30-34(29-27-25-23-12-10-8-5-2)35-36-31-33-37(35)32-6-3/h31,33-34H,4-30,32H2,1-3H3/p+1/t34-/m0/s1. The second kappa shape index (κ2) is 26.8. The number of hydrogen-bond acceptors (Lipinski definition) is 0. The van der Waals surface area contributed by atoms with Crippen LogP contribution in [0.25, 0.3) is 0 Å². The number of nitrogens with zero attached hydrogens (tertiary/aromatic N) is 1. The first kappa shape index (κ1) is 34.2. The highest BCUT2D eigenvalue weighted by molar-refractivity contribution is 4.90. The predicted molar refractivity (Wildman–Crippen MR) is 165 cm³/mol. The van der Waals surface area contributed by atoms with Gasteiger partial charge in [0, 0.05) is 0 Å². The van der Waals surface area contributed by atoms with Crippen molar-refractivity contribution in [2.75, 3.05) is 0 Å². The summed E-state index contributed by atoms with van der Waals surface area (Å²) in [6.07, 6.45) is 43.1. The highest BCUT2D eigenvalue weighted by Crippen LogP contribution is 2.26. The second-order valence-electron chi connectivity index (χ2n) is 12.1. The van der Waals surface area contributed by atoms with Crippen LogP contribution in [0, 0.1) is 0 Å². The van der Waals surface area contributed by atoms with Gasteiger partial charge in [0.25, 0.3) is 5.82 Å². The zero-order chi connectivity index (χ0) is 26.7. The van der Waals surface area contributed by atoms with Gasteiger partial charge in [-0.05, 0) is 19.3 Å². The molecule has 0 fully saturated rings. The fourth-order valence-corrected chi connectivity index (χ4v) is 6.05. The van der Waals surface area contributed by atoms with E-state index in [0.717, 1.165) is 12.5 Å². The van der Waals surface area contributed by atoms with Crippen LogP contribution in [0.1, 0.15) is 206 Å². The molecule has 1 N–H and O–H groups in total. The van der Waals surface area contributed by atoms with Crippen molar-refractivity contribution in [1.82, 2.24) is 4.98 Å². The van der Waals surface area contributed by atoms with Gasteiger partial charge in [0.15, 0.2) is 0 Å². The summed E-state index contributed by atoms with van der Waals surface area (Å²) in [5, 5.41) is 0. The molecule has 0 spiro atoms. The number of H-pyrrole nitrogens is 1. The van der Waals surface area contributed by atoms with Crippen molar-refractivity contribution in [2.24, 2.45) is 0 Å². The SMILES string of the molecule is CCCCCCCCCCCCCCCCCCC[C@H](CCCCCCCCC)c1[nH]cc[n+]1CCC. The third-order valence-corrected chi connectivity index (χ3v) is 8.46. The Labute approximate surface area is 234 Å². The summed E-state index contributed by atoms with van der Waals surface area (Å²) in [4.78, 5) is 3.63. The molecule has 0 amide bonds. The summed E-state index contributed by atoms with van der Waals surface area (Å²) in [5.74, 6) is 2.23. The molecule has 0 bridgehead atoms. The molecule has 2 nitrogen and oxygen atoms in total. The van der Waals surface area contributed by atoms with Crippen molar-refractivity contribution < 1.29 is 4.57 Å². The Balaban J connectivity index is 2.07. The van der Waals surface area contributed by atoms with Crippen molar-refractivity contribution in [3.8, 4) is 0 Å². The van der Waals surface area contributed by atoms with E-state index in [1.807, 2.05) is 0 Å². The molecule has 1 aromatic rings. The van der Waals surface area contributed by atoms with E-state index in [1.54, 1.807) is 0 Å². The fourth-order valence-electron chi connectivity index (χ4n) is 6.05. The maximum absolute atomic E-state index is 3.63. The normalized spacial score (nSPS) is 12.4. The largest absolute Gasteiger partial charge is 0.257 e. The summed E-state index contributed by atoms with van der Waals surface area (Å²) in [6, 6.07) is 0. The Morgan fingerprint density at radius 3 is 1.19 bits per heavy atom. The van der Waals surface area contributed by atoms with E-state index in [4.69, 9.17) is 0 Å². The molecule has 0 saturated carbocycles. The van der Waals surface area contributed by atoms with Crippen molar-refractivity contribution in [3.63, 3.8) is 0 Å². The molecule has 218 valence electrons. The van der Waals surface area contributed by atoms with Crippen LogP contribution in [0.15, 0.2) is 12.4 Å². The van der Waals surface area contributed by atoms with Crippen LogP contribution in [0.4, 0.5) is 0 Å². The average Bonchev–Trinajstić information content (AvgIpc) is 3.37. The summed E-state index contributed by atoms with van der Waals surface area (Å²) in [6.45, 7) is 8.07. The van der Waals surface area contributed by atoms with Gasteiger partial charge in [-0.25, -0.2) is 9.55 Å². The van der Waals surface area contributed by atoms with Crippen molar-refractivity contribution in [3.05, 3.63) is 18.2 Å². The van der Waals surface area contributed by atoms with E-state index in [1.165, 1.54) is 179 Å². The predicted octanol–water partition coefficient (Wildman–Crippen LogP) is 12.0. The fraction of sp³-hybridized carbons (Fsp3) is 0.914. The molecule has 0 aromatic carbocycles. The van der Waals surface area contributed by atoms with E-state index in [9.17, 15) is 0 Å². The van der Waals surface area contributed by atoms with E-state index >= 15 is 0 Å². The first-order valence-corrected chi connectivity index (χ1v) is 17.4. The topological polar surface area (TPSA) is 19.7 Å². The van der Waals surface area contributed by atoms with Crippen LogP contribution in [0.5, 0.6) is 0 Å². The van der Waals surface area contributed by atoms with Crippen LogP contribution in [-0.2, 0) is 6.54 Å². The molecule has 1 atom stereocenters. The Morgan fingerprint density at radius 2 is 0.838 bits per heavy atom. The molecule has 1 heterocycles. The molecule has 0 aliphatic heterocycles. The van der Waals surface area contributed by atoms with Gasteiger partial charge in [0.05, 0.1) is 12.5 Å². The molecule has 1 aromatic heterocycles. The number of aryl methyl sites for hydroxylation is 1. The quantitative estimate of drug-likeness (QED) is 0.0805. The summed E-state index contributed by atoms with van der Waals surface area (Å²) >= 11 is 0. The number of rotatable bonds is 29. The zero-order valence-corrected chi connectivity index (χ0v) is 26.0. The minimum atomic E-state index is 0.730. The third-order valence-electron chi connectivity index (χ3n) is 8.46. The summed E-state index contributed by atoms with van der Waals surface area (Å²) in [5.41, 5.74) is 0. The molecule has 0 aliphatic rings. The van der Waals surface area contributed by atoms with Crippen LogP contribution in [0.2, 0.25) is 0 Å². The number of aromatic amines is 1. The van der Waals surface area contributed by atoms with E-state index in [2.05, 4.69) is 42.7 Å². The van der Waals surface area contributed by atoms with Gasteiger partial charge in [-0.3, -0.25) is 0 Å². The van der Waals surface area contributed by atoms with E-state index in [-0.39, 0.29) is 0 Å². The van der Waals surface area contributed by atoms with Gasteiger partial charge < -0.3 is 0 Å². The Morgan fingerprint density at radius 1 is 0.486 bits per heavy atom. The molecular formula is C35H69N2+. The van der Waals surface area contributed by atoms with Crippen LogP contribution in [0.3, 0.4) is 0 Å². The van der Waals surface area contributed by atoms with Crippen LogP contribution in [-0.4, -0.2) is 4.98 Å². The average molecular weight is 518 g/mol. The lowest BCUT2D eigenvalue weighted by molar-refractivity contribution is -0.704. The van der Waals surface area contributed by atoms with Gasteiger partial charge in [0.1, 0.15) is 12.4 Å². The Bertz CT molecular complexity index is 563. The number of nitrogens with one attached hydrogen (secondary N) is 1. The molecule has 0 unspecified atom stereocenters. The first-order valence-electron chi connectivity index (χ1n) is 17.4. The Kier molecular flexibility index (Phi) is 24.8. The van der Waals surface area contributed by atoms with Gasteiger partial charge in [-0.1, -0.05) is 175 Å². The zero-order valence-electron chi connectivity index (χ0n) is 26.0. The maximum atomic E-state index is 3.63. The number of aromatic nitrogens is 2. The monoisotopic (exact) mass is 518 g/mol. The maximum Gasteiger partial charge on any atom is 0.257 e.